The minimum atomic E-state index is -0.237. The van der Waals surface area contributed by atoms with Crippen LogP contribution >= 0.6 is 11.3 Å². The summed E-state index contributed by atoms with van der Waals surface area (Å²) >= 11 is 1.34. The predicted molar refractivity (Wildman–Crippen MR) is 89.2 cm³/mol. The number of likely N-dealkylation sites (tertiary alicyclic amines) is 1. The van der Waals surface area contributed by atoms with E-state index in [9.17, 15) is 14.4 Å². The lowest BCUT2D eigenvalue weighted by molar-refractivity contribution is -0.135. The molecule has 1 saturated heterocycles. The Kier molecular flexibility index (Phi) is 6.15. The highest BCUT2D eigenvalue weighted by molar-refractivity contribution is 7.12. The van der Waals surface area contributed by atoms with Crippen LogP contribution in [0.15, 0.2) is 17.5 Å². The van der Waals surface area contributed by atoms with Crippen molar-refractivity contribution in [2.24, 2.45) is 5.92 Å². The number of nitrogens with one attached hydrogen (secondary N) is 2. The number of carbonyl (C=O) groups excluding carboxylic acids is 3. The van der Waals surface area contributed by atoms with Gasteiger partial charge in [-0.2, -0.15) is 0 Å². The molecule has 1 aliphatic heterocycles. The zero-order chi connectivity index (χ0) is 16.8. The minimum absolute atomic E-state index is 0.000112. The van der Waals surface area contributed by atoms with Gasteiger partial charge in [0.05, 0.1) is 17.3 Å². The molecule has 0 saturated carbocycles. The molecule has 0 aromatic carbocycles. The van der Waals surface area contributed by atoms with E-state index in [2.05, 4.69) is 10.6 Å². The number of rotatable bonds is 5. The molecule has 7 heteroatoms. The molecule has 0 aliphatic carbocycles. The normalized spacial score (nSPS) is 17.9. The lowest BCUT2D eigenvalue weighted by Gasteiger charge is -2.32. The second-order valence-corrected chi connectivity index (χ2v) is 6.95. The highest BCUT2D eigenvalue weighted by Gasteiger charge is 2.28. The summed E-state index contributed by atoms with van der Waals surface area (Å²) in [5.41, 5.74) is 0. The molecule has 23 heavy (non-hydrogen) atoms. The number of piperidine rings is 1. The van der Waals surface area contributed by atoms with Crippen molar-refractivity contribution in [1.82, 2.24) is 15.5 Å². The van der Waals surface area contributed by atoms with Crippen molar-refractivity contribution < 1.29 is 14.4 Å². The molecule has 1 aromatic rings. The van der Waals surface area contributed by atoms with Crippen LogP contribution in [0.25, 0.3) is 0 Å². The third-order valence-electron chi connectivity index (χ3n) is 3.72. The van der Waals surface area contributed by atoms with Gasteiger partial charge in [0.25, 0.3) is 5.91 Å². The Labute approximate surface area is 140 Å². The molecular formula is C16H23N3O3S. The maximum atomic E-state index is 12.2. The third kappa shape index (κ3) is 5.06. The number of hydrogen-bond acceptors (Lipinski definition) is 4. The van der Waals surface area contributed by atoms with Crippen molar-refractivity contribution in [3.63, 3.8) is 0 Å². The van der Waals surface area contributed by atoms with E-state index < -0.39 is 0 Å². The number of hydrogen-bond donors (Lipinski definition) is 2. The lowest BCUT2D eigenvalue weighted by Crippen LogP contribution is -2.49. The van der Waals surface area contributed by atoms with Gasteiger partial charge in [-0.25, -0.2) is 0 Å². The molecule has 2 N–H and O–H groups in total. The van der Waals surface area contributed by atoms with E-state index in [0.29, 0.717) is 18.0 Å². The number of carbonyl (C=O) groups is 3. The molecule has 0 radical (unpaired) electrons. The summed E-state index contributed by atoms with van der Waals surface area (Å²) in [5.74, 6) is -0.542. The summed E-state index contributed by atoms with van der Waals surface area (Å²) in [6.07, 6.45) is 1.60. The van der Waals surface area contributed by atoms with Crippen molar-refractivity contribution in [2.75, 3.05) is 19.6 Å². The SMILES string of the molecule is CC(C)NC(=O)[C@@H]1CCCN(C(=O)CNC(=O)c2cccs2)C1. The minimum Gasteiger partial charge on any atom is -0.354 e. The zero-order valence-electron chi connectivity index (χ0n) is 13.5. The summed E-state index contributed by atoms with van der Waals surface area (Å²) in [4.78, 5) is 38.4. The Bertz CT molecular complexity index is 557. The summed E-state index contributed by atoms with van der Waals surface area (Å²) in [6.45, 7) is 4.87. The maximum Gasteiger partial charge on any atom is 0.261 e. The highest BCUT2D eigenvalue weighted by Crippen LogP contribution is 2.17. The molecule has 0 bridgehead atoms. The topological polar surface area (TPSA) is 78.5 Å². The van der Waals surface area contributed by atoms with E-state index in [1.165, 1.54) is 11.3 Å². The average molecular weight is 337 g/mol. The summed E-state index contributed by atoms with van der Waals surface area (Å²) in [6, 6.07) is 3.61. The van der Waals surface area contributed by atoms with Gasteiger partial charge in [-0.05, 0) is 38.1 Å². The molecule has 1 aliphatic rings. The van der Waals surface area contributed by atoms with Crippen LogP contribution in [0.3, 0.4) is 0 Å². The number of amides is 3. The molecule has 0 spiro atoms. The average Bonchev–Trinajstić information content (AvgIpc) is 3.06. The fraction of sp³-hybridized carbons (Fsp3) is 0.562. The van der Waals surface area contributed by atoms with Crippen LogP contribution in [0, 0.1) is 5.92 Å². The molecular weight excluding hydrogens is 314 g/mol. The van der Waals surface area contributed by atoms with Crippen LogP contribution < -0.4 is 10.6 Å². The van der Waals surface area contributed by atoms with Gasteiger partial charge >= 0.3 is 0 Å². The fourth-order valence-corrected chi connectivity index (χ4v) is 3.22. The molecule has 1 fully saturated rings. The molecule has 3 amide bonds. The van der Waals surface area contributed by atoms with E-state index in [1.807, 2.05) is 19.2 Å². The first-order valence-corrected chi connectivity index (χ1v) is 8.75. The van der Waals surface area contributed by atoms with Crippen LogP contribution in [0.4, 0.5) is 0 Å². The standard InChI is InChI=1S/C16H23N3O3S/c1-11(2)18-15(21)12-5-3-7-19(10-12)14(20)9-17-16(22)13-6-4-8-23-13/h4,6,8,11-12H,3,5,7,9-10H2,1-2H3,(H,17,22)(H,18,21)/t12-/m1/s1. The van der Waals surface area contributed by atoms with Gasteiger partial charge in [0, 0.05) is 19.1 Å². The van der Waals surface area contributed by atoms with E-state index in [-0.39, 0.29) is 36.2 Å². The molecule has 0 unspecified atom stereocenters. The summed E-state index contributed by atoms with van der Waals surface area (Å²) < 4.78 is 0. The summed E-state index contributed by atoms with van der Waals surface area (Å²) in [5, 5.41) is 7.35. The predicted octanol–water partition coefficient (Wildman–Crippen LogP) is 1.24. The molecule has 126 valence electrons. The van der Waals surface area contributed by atoms with Gasteiger partial charge in [-0.15, -0.1) is 11.3 Å². The van der Waals surface area contributed by atoms with Gasteiger partial charge in [-0.3, -0.25) is 14.4 Å². The van der Waals surface area contributed by atoms with Gasteiger partial charge in [-0.1, -0.05) is 6.07 Å². The molecule has 6 nitrogen and oxygen atoms in total. The quantitative estimate of drug-likeness (QED) is 0.848. The van der Waals surface area contributed by atoms with E-state index in [1.54, 1.807) is 17.0 Å². The second kappa shape index (κ2) is 8.10. The first-order valence-electron chi connectivity index (χ1n) is 7.87. The first kappa shape index (κ1) is 17.5. The van der Waals surface area contributed by atoms with Crippen LogP contribution in [0.2, 0.25) is 0 Å². The Morgan fingerprint density at radius 3 is 2.83 bits per heavy atom. The van der Waals surface area contributed by atoms with Crippen molar-refractivity contribution in [3.8, 4) is 0 Å². The fourth-order valence-electron chi connectivity index (χ4n) is 2.58. The van der Waals surface area contributed by atoms with E-state index >= 15 is 0 Å². The van der Waals surface area contributed by atoms with Gasteiger partial charge in [0.15, 0.2) is 0 Å². The van der Waals surface area contributed by atoms with Crippen LogP contribution in [-0.4, -0.2) is 48.3 Å². The molecule has 2 rings (SSSR count). The molecule has 1 aromatic heterocycles. The first-order chi connectivity index (χ1) is 11.0. The molecule has 2 heterocycles. The maximum absolute atomic E-state index is 12.2. The Morgan fingerprint density at radius 1 is 1.39 bits per heavy atom. The van der Waals surface area contributed by atoms with Crippen molar-refractivity contribution in [1.29, 1.82) is 0 Å². The van der Waals surface area contributed by atoms with Gasteiger partial charge < -0.3 is 15.5 Å². The number of nitrogens with zero attached hydrogens (tertiary/aromatic N) is 1. The largest absolute Gasteiger partial charge is 0.354 e. The highest BCUT2D eigenvalue weighted by atomic mass is 32.1. The third-order valence-corrected chi connectivity index (χ3v) is 4.59. The van der Waals surface area contributed by atoms with Crippen molar-refractivity contribution in [2.45, 2.75) is 32.7 Å². The summed E-state index contributed by atoms with van der Waals surface area (Å²) in [7, 11) is 0. The van der Waals surface area contributed by atoms with E-state index in [4.69, 9.17) is 0 Å². The van der Waals surface area contributed by atoms with Crippen LogP contribution in [0.1, 0.15) is 36.4 Å². The van der Waals surface area contributed by atoms with Crippen molar-refractivity contribution >= 4 is 29.1 Å². The number of thiophene rings is 1. The van der Waals surface area contributed by atoms with Gasteiger partial charge in [0.1, 0.15) is 0 Å². The van der Waals surface area contributed by atoms with E-state index in [0.717, 1.165) is 12.8 Å². The second-order valence-electron chi connectivity index (χ2n) is 6.00. The van der Waals surface area contributed by atoms with Gasteiger partial charge in [0.2, 0.25) is 11.8 Å². The monoisotopic (exact) mass is 337 g/mol. The van der Waals surface area contributed by atoms with Crippen LogP contribution in [0.5, 0.6) is 0 Å². The van der Waals surface area contributed by atoms with Crippen LogP contribution in [-0.2, 0) is 9.59 Å². The van der Waals surface area contributed by atoms with Crippen molar-refractivity contribution in [3.05, 3.63) is 22.4 Å². The Hall–Kier alpha value is -1.89. The Morgan fingerprint density at radius 2 is 2.17 bits per heavy atom. The molecule has 1 atom stereocenters. The zero-order valence-corrected chi connectivity index (χ0v) is 14.3. The lowest BCUT2D eigenvalue weighted by atomic mass is 9.97. The smallest absolute Gasteiger partial charge is 0.261 e. The Balaban J connectivity index is 1.82.